The van der Waals surface area contributed by atoms with Gasteiger partial charge in [0.15, 0.2) is 5.78 Å². The van der Waals surface area contributed by atoms with Crippen molar-refractivity contribution < 1.29 is 9.53 Å². The summed E-state index contributed by atoms with van der Waals surface area (Å²) in [6.07, 6.45) is 1.46. The Bertz CT molecular complexity index is 651. The lowest BCUT2D eigenvalue weighted by Gasteiger charge is -2.05. The van der Waals surface area contributed by atoms with Gasteiger partial charge in [-0.15, -0.1) is 0 Å². The lowest BCUT2D eigenvalue weighted by molar-refractivity contribution is 0.104. The molecule has 20 heavy (non-hydrogen) atoms. The topological polar surface area (TPSA) is 52.3 Å². The van der Waals surface area contributed by atoms with E-state index in [4.69, 9.17) is 10.5 Å². The zero-order valence-corrected chi connectivity index (χ0v) is 13.1. The molecule has 0 aliphatic rings. The maximum atomic E-state index is 12.2. The van der Waals surface area contributed by atoms with E-state index in [1.165, 1.54) is 6.08 Å². The van der Waals surface area contributed by atoms with E-state index in [1.807, 2.05) is 36.4 Å². The van der Waals surface area contributed by atoms with E-state index in [-0.39, 0.29) is 5.78 Å². The molecule has 0 aliphatic carbocycles. The molecule has 0 spiro atoms. The number of hydrogen-bond acceptors (Lipinski definition) is 3. The van der Waals surface area contributed by atoms with E-state index in [0.29, 0.717) is 11.3 Å². The monoisotopic (exact) mass is 379 g/mol. The maximum Gasteiger partial charge on any atom is 0.188 e. The smallest absolute Gasteiger partial charge is 0.188 e. The summed E-state index contributed by atoms with van der Waals surface area (Å²) in [5.74, 6) is 0.615. The second-order valence-electron chi connectivity index (χ2n) is 4.18. The molecule has 3 nitrogen and oxygen atoms in total. The normalized spacial score (nSPS) is 11.2. The average Bonchev–Trinajstić information content (AvgIpc) is 2.47. The van der Waals surface area contributed by atoms with Gasteiger partial charge in [0, 0.05) is 20.9 Å². The van der Waals surface area contributed by atoms with Crippen molar-refractivity contribution in [1.82, 2.24) is 0 Å². The SMILES string of the molecule is COc1ccc(C(=O)C=C(N)c2ccccc2)c(I)c1. The Labute approximate surface area is 131 Å². The first-order valence-corrected chi connectivity index (χ1v) is 7.10. The van der Waals surface area contributed by atoms with Crippen molar-refractivity contribution in [3.8, 4) is 5.75 Å². The van der Waals surface area contributed by atoms with Gasteiger partial charge in [-0.05, 0) is 46.4 Å². The minimum Gasteiger partial charge on any atom is -0.497 e. The number of methoxy groups -OCH3 is 1. The van der Waals surface area contributed by atoms with Crippen molar-refractivity contribution in [3.05, 3.63) is 69.3 Å². The highest BCUT2D eigenvalue weighted by molar-refractivity contribution is 14.1. The molecular weight excluding hydrogens is 365 g/mol. The van der Waals surface area contributed by atoms with E-state index in [0.717, 1.165) is 14.9 Å². The van der Waals surface area contributed by atoms with Gasteiger partial charge in [-0.3, -0.25) is 4.79 Å². The van der Waals surface area contributed by atoms with Gasteiger partial charge in [-0.1, -0.05) is 30.3 Å². The predicted molar refractivity (Wildman–Crippen MR) is 88.6 cm³/mol. The highest BCUT2D eigenvalue weighted by Crippen LogP contribution is 2.21. The summed E-state index contributed by atoms with van der Waals surface area (Å²) in [4.78, 5) is 12.2. The molecule has 0 unspecified atom stereocenters. The first-order valence-electron chi connectivity index (χ1n) is 6.02. The molecule has 0 aliphatic heterocycles. The van der Waals surface area contributed by atoms with Crippen molar-refractivity contribution in [2.75, 3.05) is 7.11 Å². The standard InChI is InChI=1S/C16H14INO2/c1-20-12-7-8-13(14(17)9-12)16(19)10-15(18)11-5-3-2-4-6-11/h2-10H,18H2,1H3. The van der Waals surface area contributed by atoms with Crippen LogP contribution in [0.2, 0.25) is 0 Å². The van der Waals surface area contributed by atoms with Gasteiger partial charge in [0.1, 0.15) is 5.75 Å². The van der Waals surface area contributed by atoms with Gasteiger partial charge in [0.25, 0.3) is 0 Å². The first-order chi connectivity index (χ1) is 9.61. The van der Waals surface area contributed by atoms with Crippen LogP contribution in [0.3, 0.4) is 0 Å². The average molecular weight is 379 g/mol. The number of rotatable bonds is 4. The summed E-state index contributed by atoms with van der Waals surface area (Å²) in [5, 5.41) is 0. The zero-order chi connectivity index (χ0) is 14.5. The molecule has 0 fully saturated rings. The van der Waals surface area contributed by atoms with E-state index in [1.54, 1.807) is 19.2 Å². The van der Waals surface area contributed by atoms with Gasteiger partial charge in [0.05, 0.1) is 7.11 Å². The predicted octanol–water partition coefficient (Wildman–Crippen LogP) is 3.48. The molecule has 0 atom stereocenters. The third-order valence-electron chi connectivity index (χ3n) is 2.84. The molecule has 0 aromatic heterocycles. The van der Waals surface area contributed by atoms with Crippen molar-refractivity contribution in [3.63, 3.8) is 0 Å². The van der Waals surface area contributed by atoms with Crippen LogP contribution in [0.15, 0.2) is 54.6 Å². The van der Waals surface area contributed by atoms with Gasteiger partial charge in [-0.25, -0.2) is 0 Å². The van der Waals surface area contributed by atoms with Crippen molar-refractivity contribution in [1.29, 1.82) is 0 Å². The molecule has 2 aromatic rings. The summed E-state index contributed by atoms with van der Waals surface area (Å²) in [6.45, 7) is 0. The first kappa shape index (κ1) is 14.6. The fourth-order valence-electron chi connectivity index (χ4n) is 1.76. The molecule has 0 saturated heterocycles. The van der Waals surface area contributed by atoms with Crippen LogP contribution < -0.4 is 10.5 Å². The lowest BCUT2D eigenvalue weighted by atomic mass is 10.1. The fourth-order valence-corrected chi connectivity index (χ4v) is 2.51. The number of nitrogens with two attached hydrogens (primary N) is 1. The Hall–Kier alpha value is -1.82. The number of carbonyl (C=O) groups is 1. The minimum absolute atomic E-state index is 0.113. The molecule has 2 rings (SSSR count). The Balaban J connectivity index is 2.28. The number of benzene rings is 2. The van der Waals surface area contributed by atoms with Crippen LogP contribution in [-0.2, 0) is 0 Å². The molecule has 4 heteroatoms. The quantitative estimate of drug-likeness (QED) is 0.503. The highest BCUT2D eigenvalue weighted by atomic mass is 127. The Morgan fingerprint density at radius 2 is 1.90 bits per heavy atom. The molecule has 102 valence electrons. The van der Waals surface area contributed by atoms with Crippen LogP contribution in [0.25, 0.3) is 5.70 Å². The van der Waals surface area contributed by atoms with Crippen LogP contribution in [0.4, 0.5) is 0 Å². The summed E-state index contributed by atoms with van der Waals surface area (Å²) in [6, 6.07) is 14.8. The molecule has 0 heterocycles. The molecule has 0 saturated carbocycles. The molecule has 0 radical (unpaired) electrons. The molecule has 0 bridgehead atoms. The molecule has 2 aromatic carbocycles. The van der Waals surface area contributed by atoms with Crippen LogP contribution in [0.1, 0.15) is 15.9 Å². The Morgan fingerprint density at radius 3 is 2.50 bits per heavy atom. The van der Waals surface area contributed by atoms with Crippen LogP contribution in [0.5, 0.6) is 5.75 Å². The van der Waals surface area contributed by atoms with E-state index in [2.05, 4.69) is 22.6 Å². The van der Waals surface area contributed by atoms with Gasteiger partial charge in [0.2, 0.25) is 0 Å². The van der Waals surface area contributed by atoms with Crippen LogP contribution >= 0.6 is 22.6 Å². The maximum absolute atomic E-state index is 12.2. The summed E-state index contributed by atoms with van der Waals surface area (Å²) < 4.78 is 5.96. The number of halogens is 1. The Morgan fingerprint density at radius 1 is 1.20 bits per heavy atom. The summed E-state index contributed by atoms with van der Waals surface area (Å²) >= 11 is 2.12. The highest BCUT2D eigenvalue weighted by Gasteiger charge is 2.09. The molecule has 2 N–H and O–H groups in total. The molecule has 0 amide bonds. The van der Waals surface area contributed by atoms with Crippen LogP contribution in [0, 0.1) is 3.57 Å². The summed E-state index contributed by atoms with van der Waals surface area (Å²) in [7, 11) is 1.60. The van der Waals surface area contributed by atoms with Crippen LogP contribution in [-0.4, -0.2) is 12.9 Å². The second-order valence-corrected chi connectivity index (χ2v) is 5.34. The second kappa shape index (κ2) is 6.56. The van der Waals surface area contributed by atoms with E-state index >= 15 is 0 Å². The van der Waals surface area contributed by atoms with E-state index in [9.17, 15) is 4.79 Å². The fraction of sp³-hybridized carbons (Fsp3) is 0.0625. The third-order valence-corrected chi connectivity index (χ3v) is 3.73. The number of hydrogen-bond donors (Lipinski definition) is 1. The van der Waals surface area contributed by atoms with Crippen molar-refractivity contribution in [2.45, 2.75) is 0 Å². The van der Waals surface area contributed by atoms with Crippen molar-refractivity contribution >= 4 is 34.1 Å². The third kappa shape index (κ3) is 3.39. The van der Waals surface area contributed by atoms with Gasteiger partial charge in [-0.2, -0.15) is 0 Å². The lowest BCUT2D eigenvalue weighted by Crippen LogP contribution is -2.04. The van der Waals surface area contributed by atoms with Gasteiger partial charge < -0.3 is 10.5 Å². The number of ether oxygens (including phenoxy) is 1. The zero-order valence-electron chi connectivity index (χ0n) is 11.0. The number of carbonyl (C=O) groups excluding carboxylic acids is 1. The Kier molecular flexibility index (Phi) is 4.79. The minimum atomic E-state index is -0.113. The summed E-state index contributed by atoms with van der Waals surface area (Å²) in [5.41, 5.74) is 7.87. The van der Waals surface area contributed by atoms with Crippen molar-refractivity contribution in [2.24, 2.45) is 5.73 Å². The largest absolute Gasteiger partial charge is 0.497 e. The number of allylic oxidation sites excluding steroid dienone is 1. The number of ketones is 1. The van der Waals surface area contributed by atoms with Gasteiger partial charge >= 0.3 is 0 Å². The molecular formula is C16H14INO2. The van der Waals surface area contributed by atoms with E-state index < -0.39 is 0 Å².